The molecule has 1 N–H and O–H groups in total. The molecule has 0 unspecified atom stereocenters. The molecule has 6 heteroatoms. The third-order valence-corrected chi connectivity index (χ3v) is 5.21. The number of carbonyl (C=O) groups excluding carboxylic acids is 1. The summed E-state index contributed by atoms with van der Waals surface area (Å²) in [5, 5.41) is 3.01. The number of hydrogen-bond acceptors (Lipinski definition) is 4. The molecule has 1 heterocycles. The minimum absolute atomic E-state index is 0. The van der Waals surface area contributed by atoms with Crippen molar-refractivity contribution in [1.82, 2.24) is 9.80 Å². The Morgan fingerprint density at radius 3 is 2.06 bits per heavy atom. The van der Waals surface area contributed by atoms with Crippen LogP contribution in [0.5, 0.6) is 11.5 Å². The summed E-state index contributed by atoms with van der Waals surface area (Å²) in [5.41, 5.74) is 2.02. The van der Waals surface area contributed by atoms with Gasteiger partial charge in [0.25, 0.3) is 0 Å². The van der Waals surface area contributed by atoms with Crippen molar-refractivity contribution in [1.29, 1.82) is 0 Å². The van der Waals surface area contributed by atoms with Gasteiger partial charge in [-0.25, -0.2) is 0 Å². The Morgan fingerprint density at radius 2 is 1.35 bits per heavy atom. The Balaban J connectivity index is 0.00000272. The smallest absolute Gasteiger partial charge is 0.238 e. The minimum atomic E-state index is -0.0179. The zero-order valence-corrected chi connectivity index (χ0v) is 18.3. The zero-order chi connectivity index (χ0) is 20.6. The van der Waals surface area contributed by atoms with Crippen LogP contribution in [0.25, 0.3) is 0 Å². The first kappa shape index (κ1) is 22.8. The molecule has 31 heavy (non-hydrogen) atoms. The molecule has 0 bridgehead atoms. The van der Waals surface area contributed by atoms with Crippen molar-refractivity contribution in [2.75, 3.05) is 38.0 Å². The van der Waals surface area contributed by atoms with Crippen LogP contribution in [0, 0.1) is 0 Å². The standard InChI is InChI=1S/C25H27N3O2.ClH/c29-25(20-28-17-15-27(16-18-28)19-21-9-3-1-4-10-21)26-23-13-7-8-14-24(23)30-22-11-5-2-6-12-22;/h1-14H,15-20H2,(H,26,29);1H. The van der Waals surface area contributed by atoms with Crippen molar-refractivity contribution in [2.45, 2.75) is 6.54 Å². The normalized spacial score (nSPS) is 14.5. The van der Waals surface area contributed by atoms with Crippen molar-refractivity contribution in [3.05, 3.63) is 90.5 Å². The van der Waals surface area contributed by atoms with Crippen LogP contribution in [-0.4, -0.2) is 48.4 Å². The number of piperazine rings is 1. The molecule has 0 aliphatic carbocycles. The SMILES string of the molecule is Cl.O=C(CN1CCN(Cc2ccccc2)CC1)Nc1ccccc1Oc1ccccc1. The van der Waals surface area contributed by atoms with Crippen molar-refractivity contribution in [3.63, 3.8) is 0 Å². The molecule has 162 valence electrons. The number of anilines is 1. The van der Waals surface area contributed by atoms with Crippen LogP contribution in [0.1, 0.15) is 5.56 Å². The van der Waals surface area contributed by atoms with Crippen LogP contribution in [-0.2, 0) is 11.3 Å². The maximum Gasteiger partial charge on any atom is 0.238 e. The fourth-order valence-electron chi connectivity index (χ4n) is 3.61. The number of hydrogen-bond donors (Lipinski definition) is 1. The van der Waals surface area contributed by atoms with Crippen molar-refractivity contribution in [3.8, 4) is 11.5 Å². The Morgan fingerprint density at radius 1 is 0.774 bits per heavy atom. The quantitative estimate of drug-likeness (QED) is 0.584. The van der Waals surface area contributed by atoms with E-state index >= 15 is 0 Å². The van der Waals surface area contributed by atoms with Gasteiger partial charge in [-0.15, -0.1) is 12.4 Å². The number of para-hydroxylation sites is 3. The second kappa shape index (κ2) is 11.5. The van der Waals surface area contributed by atoms with Gasteiger partial charge in [-0.1, -0.05) is 60.7 Å². The molecular weight excluding hydrogens is 410 g/mol. The molecule has 1 aliphatic heterocycles. The van der Waals surface area contributed by atoms with E-state index in [-0.39, 0.29) is 18.3 Å². The Labute approximate surface area is 190 Å². The van der Waals surface area contributed by atoms with Crippen LogP contribution in [0.4, 0.5) is 5.69 Å². The second-order valence-electron chi connectivity index (χ2n) is 7.50. The van der Waals surface area contributed by atoms with E-state index in [2.05, 4.69) is 39.4 Å². The number of nitrogens with zero attached hydrogens (tertiary/aromatic N) is 2. The molecule has 0 spiro atoms. The van der Waals surface area contributed by atoms with Crippen LogP contribution < -0.4 is 10.1 Å². The molecular formula is C25H28ClN3O2. The topological polar surface area (TPSA) is 44.8 Å². The fourth-order valence-corrected chi connectivity index (χ4v) is 3.61. The largest absolute Gasteiger partial charge is 0.455 e. The molecule has 1 aliphatic rings. The van der Waals surface area contributed by atoms with Gasteiger partial charge in [-0.05, 0) is 29.8 Å². The highest BCUT2D eigenvalue weighted by Gasteiger charge is 2.19. The number of rotatable bonds is 7. The number of ether oxygens (including phenoxy) is 1. The van der Waals surface area contributed by atoms with Gasteiger partial charge in [-0.3, -0.25) is 14.6 Å². The summed E-state index contributed by atoms with van der Waals surface area (Å²) < 4.78 is 5.94. The van der Waals surface area contributed by atoms with E-state index in [0.717, 1.165) is 38.5 Å². The van der Waals surface area contributed by atoms with E-state index in [0.29, 0.717) is 18.0 Å². The molecule has 0 atom stereocenters. The fraction of sp³-hybridized carbons (Fsp3) is 0.240. The molecule has 0 saturated carbocycles. The highest BCUT2D eigenvalue weighted by atomic mass is 35.5. The van der Waals surface area contributed by atoms with E-state index in [9.17, 15) is 4.79 Å². The monoisotopic (exact) mass is 437 g/mol. The van der Waals surface area contributed by atoms with Gasteiger partial charge in [0.1, 0.15) is 5.75 Å². The van der Waals surface area contributed by atoms with Gasteiger partial charge in [0.05, 0.1) is 12.2 Å². The van der Waals surface area contributed by atoms with Gasteiger partial charge in [-0.2, -0.15) is 0 Å². The summed E-state index contributed by atoms with van der Waals surface area (Å²) >= 11 is 0. The van der Waals surface area contributed by atoms with E-state index in [1.165, 1.54) is 5.56 Å². The minimum Gasteiger partial charge on any atom is -0.455 e. The molecule has 1 fully saturated rings. The van der Waals surface area contributed by atoms with E-state index in [4.69, 9.17) is 4.74 Å². The summed E-state index contributed by atoms with van der Waals surface area (Å²) in [6, 6.07) is 27.6. The number of nitrogens with one attached hydrogen (secondary N) is 1. The summed E-state index contributed by atoms with van der Waals surface area (Å²) in [6.07, 6.45) is 0. The lowest BCUT2D eigenvalue weighted by molar-refractivity contribution is -0.117. The lowest BCUT2D eigenvalue weighted by atomic mass is 10.2. The maximum atomic E-state index is 12.6. The van der Waals surface area contributed by atoms with E-state index in [1.54, 1.807) is 0 Å². The molecule has 3 aromatic carbocycles. The van der Waals surface area contributed by atoms with Crippen LogP contribution in [0.2, 0.25) is 0 Å². The molecule has 0 aromatic heterocycles. The predicted molar refractivity (Wildman–Crippen MR) is 127 cm³/mol. The second-order valence-corrected chi connectivity index (χ2v) is 7.50. The molecule has 3 aromatic rings. The maximum absolute atomic E-state index is 12.6. The lowest BCUT2D eigenvalue weighted by Gasteiger charge is -2.34. The Hall–Kier alpha value is -2.86. The van der Waals surface area contributed by atoms with Crippen LogP contribution in [0.15, 0.2) is 84.9 Å². The summed E-state index contributed by atoms with van der Waals surface area (Å²) in [7, 11) is 0. The van der Waals surface area contributed by atoms with Crippen molar-refractivity contribution < 1.29 is 9.53 Å². The van der Waals surface area contributed by atoms with Crippen molar-refractivity contribution in [2.24, 2.45) is 0 Å². The molecule has 1 amide bonds. The Bertz CT molecular complexity index is 945. The van der Waals surface area contributed by atoms with Gasteiger partial charge in [0.15, 0.2) is 5.75 Å². The lowest BCUT2D eigenvalue weighted by Crippen LogP contribution is -2.48. The number of amides is 1. The summed E-state index contributed by atoms with van der Waals surface area (Å²) in [5.74, 6) is 1.37. The summed E-state index contributed by atoms with van der Waals surface area (Å²) in [6.45, 7) is 5.07. The average Bonchev–Trinajstić information content (AvgIpc) is 2.78. The highest BCUT2D eigenvalue weighted by Crippen LogP contribution is 2.29. The average molecular weight is 438 g/mol. The highest BCUT2D eigenvalue weighted by molar-refractivity contribution is 5.93. The first-order valence-electron chi connectivity index (χ1n) is 10.4. The third kappa shape index (κ3) is 6.82. The van der Waals surface area contributed by atoms with E-state index < -0.39 is 0 Å². The molecule has 1 saturated heterocycles. The van der Waals surface area contributed by atoms with Crippen LogP contribution in [0.3, 0.4) is 0 Å². The Kier molecular flexibility index (Phi) is 8.47. The number of carbonyl (C=O) groups is 1. The van der Waals surface area contributed by atoms with Crippen LogP contribution >= 0.6 is 12.4 Å². The van der Waals surface area contributed by atoms with Gasteiger partial charge < -0.3 is 10.1 Å². The number of benzene rings is 3. The van der Waals surface area contributed by atoms with Gasteiger partial charge in [0.2, 0.25) is 5.91 Å². The van der Waals surface area contributed by atoms with E-state index in [1.807, 2.05) is 60.7 Å². The first-order valence-corrected chi connectivity index (χ1v) is 10.4. The van der Waals surface area contributed by atoms with Gasteiger partial charge in [0, 0.05) is 32.7 Å². The molecule has 4 rings (SSSR count). The number of halogens is 1. The van der Waals surface area contributed by atoms with Gasteiger partial charge >= 0.3 is 0 Å². The molecule has 5 nitrogen and oxygen atoms in total. The molecule has 0 radical (unpaired) electrons. The summed E-state index contributed by atoms with van der Waals surface area (Å²) in [4.78, 5) is 17.3. The third-order valence-electron chi connectivity index (χ3n) is 5.21. The van der Waals surface area contributed by atoms with Crippen molar-refractivity contribution >= 4 is 24.0 Å². The predicted octanol–water partition coefficient (Wildman–Crippen LogP) is 4.66. The zero-order valence-electron chi connectivity index (χ0n) is 17.4. The first-order chi connectivity index (χ1) is 14.8.